The van der Waals surface area contributed by atoms with E-state index in [1.807, 2.05) is 0 Å². The third-order valence-electron chi connectivity index (χ3n) is 7.42. The number of amides is 2. The van der Waals surface area contributed by atoms with E-state index < -0.39 is 81.5 Å². The van der Waals surface area contributed by atoms with Crippen molar-refractivity contribution >= 4 is 29.5 Å². The summed E-state index contributed by atoms with van der Waals surface area (Å²) in [5.41, 5.74) is -10.8. The summed E-state index contributed by atoms with van der Waals surface area (Å²) in [5.74, 6) is -7.49. The lowest BCUT2D eigenvalue weighted by atomic mass is 9.75. The number of nitrogens with one attached hydrogen (secondary N) is 2. The number of carbonyl (C=O) groups is 3. The summed E-state index contributed by atoms with van der Waals surface area (Å²) in [6.45, 7) is 9.09. The molecule has 0 fully saturated rings. The molecule has 0 aliphatic carbocycles. The average Bonchev–Trinajstić information content (AvgIpc) is 3.32. The smallest absolute Gasteiger partial charge is 0.412 e. The van der Waals surface area contributed by atoms with Crippen molar-refractivity contribution in [2.75, 3.05) is 24.5 Å². The molecule has 3 aromatic rings. The number of nitrogens with zero attached hydrogens (tertiary/aromatic N) is 2. The van der Waals surface area contributed by atoms with Gasteiger partial charge < -0.3 is 28.4 Å². The van der Waals surface area contributed by atoms with Crippen LogP contribution < -0.4 is 15.4 Å². The number of anilines is 2. The van der Waals surface area contributed by atoms with Gasteiger partial charge in [0.1, 0.15) is 53.0 Å². The first-order valence-corrected chi connectivity index (χ1v) is 15.2. The van der Waals surface area contributed by atoms with Gasteiger partial charge in [-0.05, 0) is 65.8 Å². The van der Waals surface area contributed by atoms with Crippen LogP contribution in [0.25, 0.3) is 0 Å². The van der Waals surface area contributed by atoms with Crippen LogP contribution in [0.1, 0.15) is 74.2 Å². The third kappa shape index (κ3) is 6.47. The van der Waals surface area contributed by atoms with Crippen molar-refractivity contribution in [2.45, 2.75) is 63.9 Å². The summed E-state index contributed by atoms with van der Waals surface area (Å²) in [6.07, 6.45) is -1.69. The zero-order valence-electron chi connectivity index (χ0n) is 28.4. The minimum atomic E-state index is -3.09. The molecule has 1 spiro atoms. The van der Waals surface area contributed by atoms with E-state index in [0.717, 1.165) is 7.11 Å². The van der Waals surface area contributed by atoms with E-state index in [2.05, 4.69) is 10.6 Å². The maximum atomic E-state index is 17.1. The molecule has 2 heterocycles. The fourth-order valence-corrected chi connectivity index (χ4v) is 5.59. The van der Waals surface area contributed by atoms with Gasteiger partial charge in [-0.3, -0.25) is 10.6 Å². The zero-order valence-corrected chi connectivity index (χ0v) is 28.4. The molecular formula is C35H31F3N4O9. The number of hydrogen-bond acceptors (Lipinski definition) is 11. The number of halogens is 3. The highest BCUT2D eigenvalue weighted by atomic mass is 19.2. The topological polar surface area (TPSA) is 178 Å². The van der Waals surface area contributed by atoms with E-state index in [-0.39, 0.29) is 34.0 Å². The van der Waals surface area contributed by atoms with E-state index >= 15 is 13.2 Å². The number of nitriles is 2. The Bertz CT molecular complexity index is 1970. The summed E-state index contributed by atoms with van der Waals surface area (Å²) in [6, 6.07) is 10.5. The average molecular weight is 709 g/mol. The van der Waals surface area contributed by atoms with Crippen LogP contribution in [0, 0.1) is 40.1 Å². The maximum Gasteiger partial charge on any atom is 0.412 e. The van der Waals surface area contributed by atoms with Crippen molar-refractivity contribution in [1.82, 2.24) is 0 Å². The Morgan fingerprint density at radius 1 is 0.824 bits per heavy atom. The lowest BCUT2D eigenvalue weighted by Gasteiger charge is -2.37. The Morgan fingerprint density at radius 2 is 1.31 bits per heavy atom. The number of hydrogen-bond donors (Lipinski definition) is 2. The summed E-state index contributed by atoms with van der Waals surface area (Å²) in [4.78, 5) is 38.6. The molecule has 2 aliphatic heterocycles. The summed E-state index contributed by atoms with van der Waals surface area (Å²) in [5, 5.41) is 24.9. The Kier molecular flexibility index (Phi) is 9.15. The minimum absolute atomic E-state index is 0.0987. The van der Waals surface area contributed by atoms with Gasteiger partial charge >= 0.3 is 18.2 Å². The Balaban J connectivity index is 1.79. The molecule has 266 valence electrons. The Labute approximate surface area is 289 Å². The van der Waals surface area contributed by atoms with Crippen LogP contribution in [0.5, 0.6) is 11.5 Å². The van der Waals surface area contributed by atoms with E-state index in [9.17, 15) is 24.9 Å². The zero-order chi connectivity index (χ0) is 37.7. The first-order chi connectivity index (χ1) is 23.8. The molecule has 51 heavy (non-hydrogen) atoms. The lowest BCUT2D eigenvalue weighted by molar-refractivity contribution is -0.0862. The second-order valence-electron chi connectivity index (χ2n) is 13.4. The Hall–Kier alpha value is -5.84. The molecule has 5 rings (SSSR count). The standard InChI is InChI=1S/C35H31F3N4O9/c1-32(2,3)50-30(44)41-17-8-10-19-21(12-17)48-22-13-18(42-31(45)51-33(4,5)6)9-11-20(22)35(19)24-23(29(43)49-35)26(36)28(38)25(27(24)37)34(14-39,15-40)47-16-46-7/h8-13H,16H2,1-7H3,(H,41,44)(H,42,45). The predicted molar refractivity (Wildman–Crippen MR) is 170 cm³/mol. The van der Waals surface area contributed by atoms with Crippen molar-refractivity contribution < 1.29 is 56.0 Å². The molecule has 2 aliphatic rings. The van der Waals surface area contributed by atoms with Crippen LogP contribution in [-0.4, -0.2) is 43.3 Å². The minimum Gasteiger partial charge on any atom is -0.456 e. The molecule has 0 saturated heterocycles. The van der Waals surface area contributed by atoms with Crippen LogP contribution in [0.4, 0.5) is 34.1 Å². The van der Waals surface area contributed by atoms with Gasteiger partial charge in [0.25, 0.3) is 5.60 Å². The second-order valence-corrected chi connectivity index (χ2v) is 13.4. The van der Waals surface area contributed by atoms with Crippen molar-refractivity contribution in [3.8, 4) is 23.6 Å². The Morgan fingerprint density at radius 3 is 1.75 bits per heavy atom. The number of ether oxygens (including phenoxy) is 6. The maximum absolute atomic E-state index is 17.1. The van der Waals surface area contributed by atoms with Gasteiger partial charge in [-0.25, -0.2) is 27.6 Å². The van der Waals surface area contributed by atoms with E-state index in [4.69, 9.17) is 28.4 Å². The summed E-state index contributed by atoms with van der Waals surface area (Å²) >= 11 is 0. The van der Waals surface area contributed by atoms with Gasteiger partial charge in [-0.1, -0.05) is 0 Å². The monoisotopic (exact) mass is 708 g/mol. The quantitative estimate of drug-likeness (QED) is 0.114. The molecule has 0 radical (unpaired) electrons. The fourth-order valence-electron chi connectivity index (χ4n) is 5.59. The first-order valence-electron chi connectivity index (χ1n) is 15.2. The SMILES string of the molecule is COCOC(C#N)(C#N)c1c(F)c(F)c2c(c1F)C1(OC2=O)c2ccc(NC(=O)OC(C)(C)C)cc2Oc2cc(NC(=O)OC(C)(C)C)ccc21. The summed E-state index contributed by atoms with van der Waals surface area (Å²) < 4.78 is 81.2. The van der Waals surface area contributed by atoms with Crippen LogP contribution in [0.15, 0.2) is 36.4 Å². The molecule has 3 aromatic carbocycles. The van der Waals surface area contributed by atoms with Crippen molar-refractivity contribution in [1.29, 1.82) is 10.5 Å². The van der Waals surface area contributed by atoms with Crippen molar-refractivity contribution in [3.05, 3.63) is 81.7 Å². The molecule has 0 atom stereocenters. The highest BCUT2D eigenvalue weighted by Gasteiger charge is 2.59. The van der Waals surface area contributed by atoms with Gasteiger partial charge in [0.15, 0.2) is 17.2 Å². The summed E-state index contributed by atoms with van der Waals surface area (Å²) in [7, 11) is 1.12. The second kappa shape index (κ2) is 12.8. The van der Waals surface area contributed by atoms with E-state index in [1.54, 1.807) is 41.5 Å². The van der Waals surface area contributed by atoms with Gasteiger partial charge in [0.05, 0.1) is 11.1 Å². The number of carbonyl (C=O) groups excluding carboxylic acids is 3. The molecule has 0 unspecified atom stereocenters. The van der Waals surface area contributed by atoms with Gasteiger partial charge in [0, 0.05) is 41.7 Å². The normalized spacial score (nSPS) is 14.2. The molecule has 0 saturated carbocycles. The predicted octanol–water partition coefficient (Wildman–Crippen LogP) is 7.23. The van der Waals surface area contributed by atoms with E-state index in [0.29, 0.717) is 0 Å². The number of esters is 1. The third-order valence-corrected chi connectivity index (χ3v) is 7.42. The molecule has 16 heteroatoms. The molecule has 0 bridgehead atoms. The van der Waals surface area contributed by atoms with Gasteiger partial charge in [0.2, 0.25) is 0 Å². The number of methoxy groups -OCH3 is 1. The van der Waals surface area contributed by atoms with E-state index in [1.165, 1.54) is 48.5 Å². The molecular weight excluding hydrogens is 677 g/mol. The number of fused-ring (bicyclic) bond motifs is 6. The van der Waals surface area contributed by atoms with Crippen LogP contribution in [-0.2, 0) is 34.9 Å². The molecule has 2 amide bonds. The van der Waals surface area contributed by atoms with Crippen LogP contribution >= 0.6 is 0 Å². The van der Waals surface area contributed by atoms with Crippen molar-refractivity contribution in [2.24, 2.45) is 0 Å². The number of rotatable bonds is 6. The highest BCUT2D eigenvalue weighted by Crippen LogP contribution is 2.58. The molecule has 2 N–H and O–H groups in total. The van der Waals surface area contributed by atoms with Crippen LogP contribution in [0.3, 0.4) is 0 Å². The van der Waals surface area contributed by atoms with Gasteiger partial charge in [-0.2, -0.15) is 10.5 Å². The first kappa shape index (κ1) is 36.4. The van der Waals surface area contributed by atoms with Gasteiger partial charge in [-0.15, -0.1) is 0 Å². The molecule has 0 aromatic heterocycles. The molecule has 13 nitrogen and oxygen atoms in total. The lowest BCUT2D eigenvalue weighted by Crippen LogP contribution is -2.36. The highest BCUT2D eigenvalue weighted by molar-refractivity contribution is 5.98. The largest absolute Gasteiger partial charge is 0.456 e. The van der Waals surface area contributed by atoms with Crippen LogP contribution in [0.2, 0.25) is 0 Å². The number of benzene rings is 3. The fraction of sp³-hybridized carbons (Fsp3) is 0.343. The van der Waals surface area contributed by atoms with Crippen molar-refractivity contribution in [3.63, 3.8) is 0 Å².